The molecule has 1 aromatic rings. The third kappa shape index (κ3) is 3.63. The van der Waals surface area contributed by atoms with Crippen LogP contribution in [0.4, 0.5) is 0 Å². The molecule has 1 N–H and O–H groups in total. The minimum atomic E-state index is -3.72. The number of hydrogen-bond acceptors (Lipinski definition) is 4. The van der Waals surface area contributed by atoms with Crippen molar-refractivity contribution >= 4 is 21.6 Å². The van der Waals surface area contributed by atoms with Crippen molar-refractivity contribution in [2.75, 3.05) is 20.7 Å². The van der Waals surface area contributed by atoms with Crippen molar-refractivity contribution in [3.05, 3.63) is 22.7 Å². The number of sulfonamides is 1. The lowest BCUT2D eigenvalue weighted by Gasteiger charge is -2.21. The topological polar surface area (TPSA) is 66.8 Å². The van der Waals surface area contributed by atoms with Crippen LogP contribution in [0.3, 0.4) is 0 Å². The van der Waals surface area contributed by atoms with E-state index in [0.29, 0.717) is 12.1 Å². The summed E-state index contributed by atoms with van der Waals surface area (Å²) in [6.45, 7) is 3.90. The van der Waals surface area contributed by atoms with E-state index in [2.05, 4.69) is 0 Å². The first-order valence-corrected chi connectivity index (χ1v) is 7.99. The predicted molar refractivity (Wildman–Crippen MR) is 78.6 cm³/mol. The summed E-state index contributed by atoms with van der Waals surface area (Å²) in [4.78, 5) is -0.0281. The Morgan fingerprint density at radius 1 is 1.40 bits per heavy atom. The van der Waals surface area contributed by atoms with E-state index in [1.54, 1.807) is 0 Å². The molecule has 0 heterocycles. The van der Waals surface area contributed by atoms with Crippen molar-refractivity contribution in [3.63, 3.8) is 0 Å². The van der Waals surface area contributed by atoms with Gasteiger partial charge in [-0.25, -0.2) is 12.7 Å². The maximum atomic E-state index is 12.6. The van der Waals surface area contributed by atoms with Crippen LogP contribution >= 0.6 is 11.6 Å². The Balaban J connectivity index is 3.41. The minimum absolute atomic E-state index is 0.0281. The third-order valence-corrected chi connectivity index (χ3v) is 4.83. The number of benzene rings is 1. The van der Waals surface area contributed by atoms with Gasteiger partial charge >= 0.3 is 0 Å². The number of methoxy groups -OCH3 is 1. The van der Waals surface area contributed by atoms with Crippen LogP contribution in [-0.4, -0.2) is 38.5 Å². The van der Waals surface area contributed by atoms with Crippen LogP contribution in [-0.2, 0) is 16.6 Å². The number of aliphatic hydroxyl groups is 1. The SMILES string of the molecule is COc1c(CO)cc(Cl)cc1S(=O)(=O)N(C)CC(C)C. The summed E-state index contributed by atoms with van der Waals surface area (Å²) < 4.78 is 31.5. The highest BCUT2D eigenvalue weighted by Crippen LogP contribution is 2.33. The van der Waals surface area contributed by atoms with Gasteiger partial charge in [0, 0.05) is 24.2 Å². The lowest BCUT2D eigenvalue weighted by atomic mass is 10.2. The van der Waals surface area contributed by atoms with Gasteiger partial charge < -0.3 is 9.84 Å². The summed E-state index contributed by atoms with van der Waals surface area (Å²) in [5.74, 6) is 0.324. The fraction of sp³-hybridized carbons (Fsp3) is 0.538. The maximum Gasteiger partial charge on any atom is 0.246 e. The molecule has 0 amide bonds. The molecule has 0 saturated carbocycles. The van der Waals surface area contributed by atoms with Crippen LogP contribution in [0.5, 0.6) is 5.75 Å². The number of halogens is 1. The zero-order chi connectivity index (χ0) is 15.5. The molecule has 114 valence electrons. The second kappa shape index (κ2) is 6.76. The molecule has 0 aliphatic heterocycles. The molecule has 1 aromatic carbocycles. The van der Waals surface area contributed by atoms with Crippen molar-refractivity contribution in [2.45, 2.75) is 25.3 Å². The Labute approximate surface area is 125 Å². The van der Waals surface area contributed by atoms with Crippen molar-refractivity contribution in [1.82, 2.24) is 4.31 Å². The molecule has 0 atom stereocenters. The normalized spacial score (nSPS) is 12.2. The summed E-state index contributed by atoms with van der Waals surface area (Å²) in [6, 6.07) is 2.83. The van der Waals surface area contributed by atoms with Crippen LogP contribution < -0.4 is 4.74 Å². The highest BCUT2D eigenvalue weighted by Gasteiger charge is 2.27. The Hall–Kier alpha value is -0.820. The standard InChI is InChI=1S/C13H20ClNO4S/c1-9(2)7-15(3)20(17,18)12-6-11(14)5-10(8-16)13(12)19-4/h5-6,9,16H,7-8H2,1-4H3. The monoisotopic (exact) mass is 321 g/mol. The van der Waals surface area contributed by atoms with E-state index in [-0.39, 0.29) is 28.2 Å². The summed E-state index contributed by atoms with van der Waals surface area (Å²) in [7, 11) is -0.846. The average molecular weight is 322 g/mol. The second-order valence-electron chi connectivity index (χ2n) is 4.93. The van der Waals surface area contributed by atoms with Gasteiger partial charge in [-0.2, -0.15) is 0 Å². The van der Waals surface area contributed by atoms with Gasteiger partial charge in [-0.1, -0.05) is 25.4 Å². The lowest BCUT2D eigenvalue weighted by Crippen LogP contribution is -2.30. The highest BCUT2D eigenvalue weighted by atomic mass is 35.5. The fourth-order valence-corrected chi connectivity index (χ4v) is 3.80. The van der Waals surface area contributed by atoms with E-state index in [9.17, 15) is 13.5 Å². The van der Waals surface area contributed by atoms with Gasteiger partial charge in [0.2, 0.25) is 10.0 Å². The van der Waals surface area contributed by atoms with E-state index in [1.807, 2.05) is 13.8 Å². The first-order chi connectivity index (χ1) is 9.23. The summed E-state index contributed by atoms with van der Waals surface area (Å²) in [5.41, 5.74) is 0.344. The Morgan fingerprint density at radius 2 is 2.00 bits per heavy atom. The van der Waals surface area contributed by atoms with Gasteiger partial charge in [-0.15, -0.1) is 0 Å². The highest BCUT2D eigenvalue weighted by molar-refractivity contribution is 7.89. The quantitative estimate of drug-likeness (QED) is 0.871. The number of ether oxygens (including phenoxy) is 1. The van der Waals surface area contributed by atoms with Crippen LogP contribution in [0.15, 0.2) is 17.0 Å². The molecular formula is C13H20ClNO4S. The van der Waals surface area contributed by atoms with E-state index in [4.69, 9.17) is 16.3 Å². The second-order valence-corrected chi connectivity index (χ2v) is 7.38. The van der Waals surface area contributed by atoms with E-state index in [1.165, 1.54) is 30.6 Å². The molecular weight excluding hydrogens is 302 g/mol. The molecule has 0 spiro atoms. The molecule has 0 saturated heterocycles. The van der Waals surface area contributed by atoms with Crippen molar-refractivity contribution < 1.29 is 18.3 Å². The molecule has 5 nitrogen and oxygen atoms in total. The van der Waals surface area contributed by atoms with Gasteiger partial charge in [-0.05, 0) is 18.1 Å². The van der Waals surface area contributed by atoms with E-state index in [0.717, 1.165) is 0 Å². The molecule has 0 aliphatic carbocycles. The lowest BCUT2D eigenvalue weighted by molar-refractivity contribution is 0.272. The third-order valence-electron chi connectivity index (χ3n) is 2.78. The van der Waals surface area contributed by atoms with E-state index < -0.39 is 10.0 Å². The van der Waals surface area contributed by atoms with Gasteiger partial charge in [-0.3, -0.25) is 0 Å². The summed E-state index contributed by atoms with van der Waals surface area (Å²) >= 11 is 5.92. The van der Waals surface area contributed by atoms with Gasteiger partial charge in [0.1, 0.15) is 10.6 Å². The van der Waals surface area contributed by atoms with Crippen LogP contribution in [0, 0.1) is 5.92 Å². The van der Waals surface area contributed by atoms with Crippen molar-refractivity contribution in [3.8, 4) is 5.75 Å². The zero-order valence-corrected chi connectivity index (χ0v) is 13.6. The molecule has 20 heavy (non-hydrogen) atoms. The Bertz CT molecular complexity index is 572. The predicted octanol–water partition coefficient (Wildman–Crippen LogP) is 2.12. The fourth-order valence-electron chi connectivity index (χ4n) is 1.94. The molecule has 7 heteroatoms. The van der Waals surface area contributed by atoms with Crippen molar-refractivity contribution in [2.24, 2.45) is 5.92 Å². The molecule has 1 rings (SSSR count). The number of rotatable bonds is 6. The molecule has 0 aliphatic rings. The maximum absolute atomic E-state index is 12.6. The molecule has 0 radical (unpaired) electrons. The largest absolute Gasteiger partial charge is 0.495 e. The minimum Gasteiger partial charge on any atom is -0.495 e. The first-order valence-electron chi connectivity index (χ1n) is 6.17. The Morgan fingerprint density at radius 3 is 2.45 bits per heavy atom. The molecule has 0 unspecified atom stereocenters. The molecule has 0 bridgehead atoms. The number of hydrogen-bond donors (Lipinski definition) is 1. The average Bonchev–Trinajstić information content (AvgIpc) is 2.36. The Kier molecular flexibility index (Phi) is 5.82. The van der Waals surface area contributed by atoms with Crippen LogP contribution in [0.25, 0.3) is 0 Å². The molecule has 0 aromatic heterocycles. The van der Waals surface area contributed by atoms with Gasteiger partial charge in [0.25, 0.3) is 0 Å². The smallest absolute Gasteiger partial charge is 0.246 e. The van der Waals surface area contributed by atoms with Gasteiger partial charge in [0.15, 0.2) is 0 Å². The number of nitrogens with zero attached hydrogens (tertiary/aromatic N) is 1. The van der Waals surface area contributed by atoms with Crippen molar-refractivity contribution in [1.29, 1.82) is 0 Å². The summed E-state index contributed by atoms with van der Waals surface area (Å²) in [5, 5.41) is 9.54. The molecule has 0 fully saturated rings. The van der Waals surface area contributed by atoms with Crippen LogP contribution in [0.1, 0.15) is 19.4 Å². The van der Waals surface area contributed by atoms with Gasteiger partial charge in [0.05, 0.1) is 13.7 Å². The first kappa shape index (κ1) is 17.2. The van der Waals surface area contributed by atoms with Crippen LogP contribution in [0.2, 0.25) is 5.02 Å². The van der Waals surface area contributed by atoms with E-state index >= 15 is 0 Å². The number of aliphatic hydroxyl groups excluding tert-OH is 1. The zero-order valence-electron chi connectivity index (χ0n) is 12.1. The summed E-state index contributed by atoms with van der Waals surface area (Å²) in [6.07, 6.45) is 0.